The zero-order chi connectivity index (χ0) is 19.0. The molecule has 0 aliphatic carbocycles. The minimum absolute atomic E-state index is 0.0624. The van der Waals surface area contributed by atoms with Crippen LogP contribution in [0.1, 0.15) is 54.6 Å². The highest BCUT2D eigenvalue weighted by Gasteiger charge is 2.25. The van der Waals surface area contributed by atoms with Gasteiger partial charge in [0.2, 0.25) is 0 Å². The highest BCUT2D eigenvalue weighted by Crippen LogP contribution is 2.35. The molecule has 4 rings (SSSR count). The molecule has 0 saturated heterocycles. The maximum Gasteiger partial charge on any atom is 0.255 e. The van der Waals surface area contributed by atoms with Crippen molar-refractivity contribution in [2.24, 2.45) is 0 Å². The normalized spacial score (nSPS) is 15.3. The quantitative estimate of drug-likeness (QED) is 0.722. The molecular weight excluding hydrogens is 358 g/mol. The molecule has 1 aliphatic rings. The van der Waals surface area contributed by atoms with Gasteiger partial charge in [-0.2, -0.15) is 0 Å². The average molecular weight is 377 g/mol. The van der Waals surface area contributed by atoms with E-state index in [0.29, 0.717) is 23.4 Å². The molecule has 0 fully saturated rings. The number of aryl methyl sites for hydroxylation is 1. The summed E-state index contributed by atoms with van der Waals surface area (Å²) in [5.41, 5.74) is 3.88. The lowest BCUT2D eigenvalue weighted by molar-refractivity contribution is 0.0950. The Morgan fingerprint density at radius 3 is 2.81 bits per heavy atom. The highest BCUT2D eigenvalue weighted by atomic mass is 32.1. The lowest BCUT2D eigenvalue weighted by Crippen LogP contribution is -2.22. The highest BCUT2D eigenvalue weighted by molar-refractivity contribution is 7.11. The zero-order valence-corrected chi connectivity index (χ0v) is 15.9. The molecule has 27 heavy (non-hydrogen) atoms. The minimum atomic E-state index is -0.174. The average Bonchev–Trinajstić information content (AvgIpc) is 3.06. The van der Waals surface area contributed by atoms with Crippen molar-refractivity contribution in [1.29, 1.82) is 0 Å². The summed E-state index contributed by atoms with van der Waals surface area (Å²) in [5.74, 6) is -0.256. The molecule has 6 heteroatoms. The van der Waals surface area contributed by atoms with E-state index in [9.17, 15) is 9.59 Å². The van der Waals surface area contributed by atoms with Crippen LogP contribution >= 0.6 is 11.3 Å². The Hall–Kier alpha value is -2.99. The van der Waals surface area contributed by atoms with Gasteiger partial charge >= 0.3 is 0 Å². The number of hydrogen-bond acceptors (Lipinski definition) is 4. The van der Waals surface area contributed by atoms with Crippen molar-refractivity contribution >= 4 is 28.8 Å². The number of fused-ring (bicyclic) bond motifs is 2. The van der Waals surface area contributed by atoms with E-state index in [2.05, 4.69) is 22.5 Å². The first kappa shape index (κ1) is 17.4. The third-order valence-corrected chi connectivity index (χ3v) is 5.71. The topological polar surface area (TPSA) is 71.1 Å². The minimum Gasteiger partial charge on any atom is -0.347 e. The van der Waals surface area contributed by atoms with Crippen molar-refractivity contribution < 1.29 is 9.59 Å². The van der Waals surface area contributed by atoms with Crippen LogP contribution in [0.15, 0.2) is 48.7 Å². The van der Waals surface area contributed by atoms with Gasteiger partial charge in [-0.3, -0.25) is 9.59 Å². The van der Waals surface area contributed by atoms with Crippen LogP contribution < -0.4 is 10.6 Å². The summed E-state index contributed by atoms with van der Waals surface area (Å²) in [6.45, 7) is 4.45. The third-order valence-electron chi connectivity index (χ3n) is 4.79. The van der Waals surface area contributed by atoms with Gasteiger partial charge in [-0.15, -0.1) is 11.3 Å². The summed E-state index contributed by atoms with van der Waals surface area (Å²) in [7, 11) is 0. The maximum absolute atomic E-state index is 12.6. The Balaban J connectivity index is 1.59. The van der Waals surface area contributed by atoms with E-state index in [1.165, 1.54) is 0 Å². The lowest BCUT2D eigenvalue weighted by atomic mass is 9.89. The molecule has 3 aromatic rings. The SMILES string of the molecule is Cc1ncc(CNC(=O)c2ccc3c(c2)NC(=O)c2ccccc2C3C)s1. The fraction of sp³-hybridized carbons (Fsp3) is 0.190. The van der Waals surface area contributed by atoms with Crippen molar-refractivity contribution in [3.63, 3.8) is 0 Å². The number of anilines is 1. The number of amides is 2. The number of rotatable bonds is 3. The second-order valence-electron chi connectivity index (χ2n) is 6.59. The first-order chi connectivity index (χ1) is 13.0. The first-order valence-electron chi connectivity index (χ1n) is 8.76. The fourth-order valence-electron chi connectivity index (χ4n) is 3.38. The van der Waals surface area contributed by atoms with Gasteiger partial charge in [-0.05, 0) is 36.2 Å². The standard InChI is InChI=1S/C21H19N3O2S/c1-12-16-5-3-4-6-18(16)21(26)24-19-9-14(7-8-17(12)19)20(25)23-11-15-10-22-13(2)27-15/h3-10,12H,11H2,1-2H3,(H,23,25)(H,24,26). The van der Waals surface area contributed by atoms with Gasteiger partial charge < -0.3 is 10.6 Å². The predicted octanol–water partition coefficient (Wildman–Crippen LogP) is 4.10. The summed E-state index contributed by atoms with van der Waals surface area (Å²) in [6, 6.07) is 13.1. The van der Waals surface area contributed by atoms with Crippen LogP contribution in [0.4, 0.5) is 5.69 Å². The predicted molar refractivity (Wildman–Crippen MR) is 106 cm³/mol. The Morgan fingerprint density at radius 2 is 2.04 bits per heavy atom. The van der Waals surface area contributed by atoms with Gasteiger partial charge in [0.25, 0.3) is 11.8 Å². The first-order valence-corrected chi connectivity index (χ1v) is 9.58. The molecule has 0 radical (unpaired) electrons. The molecule has 1 aromatic heterocycles. The summed E-state index contributed by atoms with van der Waals surface area (Å²) < 4.78 is 0. The van der Waals surface area contributed by atoms with Crippen molar-refractivity contribution in [2.45, 2.75) is 26.3 Å². The summed E-state index contributed by atoms with van der Waals surface area (Å²) >= 11 is 1.56. The van der Waals surface area contributed by atoms with E-state index in [0.717, 1.165) is 21.0 Å². The molecule has 2 amide bonds. The van der Waals surface area contributed by atoms with E-state index in [4.69, 9.17) is 0 Å². The van der Waals surface area contributed by atoms with E-state index in [-0.39, 0.29) is 17.7 Å². The van der Waals surface area contributed by atoms with Gasteiger partial charge in [0.15, 0.2) is 0 Å². The Labute approximate surface area is 161 Å². The van der Waals surface area contributed by atoms with Crippen LogP contribution in [-0.2, 0) is 6.54 Å². The fourth-order valence-corrected chi connectivity index (χ4v) is 4.11. The number of nitrogens with one attached hydrogen (secondary N) is 2. The molecule has 1 atom stereocenters. The summed E-state index contributed by atoms with van der Waals surface area (Å²) in [5, 5.41) is 6.84. The van der Waals surface area contributed by atoms with Crippen molar-refractivity contribution in [3.8, 4) is 0 Å². The van der Waals surface area contributed by atoms with Crippen LogP contribution in [0.3, 0.4) is 0 Å². The van der Waals surface area contributed by atoms with Crippen molar-refractivity contribution in [3.05, 3.63) is 80.8 Å². The molecule has 5 nitrogen and oxygen atoms in total. The number of aromatic nitrogens is 1. The largest absolute Gasteiger partial charge is 0.347 e. The molecule has 1 aliphatic heterocycles. The van der Waals surface area contributed by atoms with Crippen LogP contribution in [0, 0.1) is 6.92 Å². The van der Waals surface area contributed by atoms with Gasteiger partial charge in [0.1, 0.15) is 0 Å². The molecule has 0 saturated carbocycles. The van der Waals surface area contributed by atoms with E-state index >= 15 is 0 Å². The van der Waals surface area contributed by atoms with Gasteiger partial charge in [-0.1, -0.05) is 31.2 Å². The summed E-state index contributed by atoms with van der Waals surface area (Å²) in [6.07, 6.45) is 1.77. The maximum atomic E-state index is 12.6. The Bertz CT molecular complexity index is 1040. The lowest BCUT2D eigenvalue weighted by Gasteiger charge is -2.15. The van der Waals surface area contributed by atoms with Gasteiger partial charge in [0.05, 0.1) is 11.6 Å². The number of hydrogen-bond donors (Lipinski definition) is 2. The van der Waals surface area contributed by atoms with Crippen LogP contribution in [-0.4, -0.2) is 16.8 Å². The number of benzene rings is 2. The molecule has 136 valence electrons. The van der Waals surface area contributed by atoms with Crippen LogP contribution in [0.25, 0.3) is 0 Å². The second kappa shape index (κ2) is 6.96. The Kier molecular flexibility index (Phi) is 4.49. The molecule has 2 N–H and O–H groups in total. The molecule has 0 spiro atoms. The molecule has 2 aromatic carbocycles. The number of carbonyl (C=O) groups excluding carboxylic acids is 2. The van der Waals surface area contributed by atoms with Gasteiger partial charge in [0, 0.05) is 33.8 Å². The van der Waals surface area contributed by atoms with Crippen molar-refractivity contribution in [2.75, 3.05) is 5.32 Å². The van der Waals surface area contributed by atoms with Crippen molar-refractivity contribution in [1.82, 2.24) is 10.3 Å². The molecule has 2 heterocycles. The third kappa shape index (κ3) is 3.36. The number of carbonyl (C=O) groups is 2. The molecule has 1 unspecified atom stereocenters. The van der Waals surface area contributed by atoms with Gasteiger partial charge in [-0.25, -0.2) is 4.98 Å². The Morgan fingerprint density at radius 1 is 1.22 bits per heavy atom. The van der Waals surface area contributed by atoms with E-state index < -0.39 is 0 Å². The summed E-state index contributed by atoms with van der Waals surface area (Å²) in [4.78, 5) is 30.3. The molecule has 0 bridgehead atoms. The van der Waals surface area contributed by atoms with E-state index in [1.54, 1.807) is 23.6 Å². The number of nitrogens with zero attached hydrogens (tertiary/aromatic N) is 1. The second-order valence-corrected chi connectivity index (χ2v) is 7.91. The van der Waals surface area contributed by atoms with E-state index in [1.807, 2.05) is 43.3 Å². The zero-order valence-electron chi connectivity index (χ0n) is 15.1. The monoisotopic (exact) mass is 377 g/mol. The smallest absolute Gasteiger partial charge is 0.255 e. The number of thiazole rings is 1. The molecular formula is C21H19N3O2S. The van der Waals surface area contributed by atoms with Crippen LogP contribution in [0.5, 0.6) is 0 Å². The van der Waals surface area contributed by atoms with Crippen LogP contribution in [0.2, 0.25) is 0 Å².